The van der Waals surface area contributed by atoms with Gasteiger partial charge in [0.15, 0.2) is 0 Å². The molecule has 0 amide bonds. The SMILES string of the molecule is COc1ccc(-n2nc(OC(C)C)cc2-c2ccc(CN)cc2)cc1.Cl. The molecule has 26 heavy (non-hydrogen) atoms. The third-order valence-corrected chi connectivity index (χ3v) is 3.85. The molecule has 2 N–H and O–H groups in total. The van der Waals surface area contributed by atoms with Crippen LogP contribution in [-0.2, 0) is 6.54 Å². The van der Waals surface area contributed by atoms with Gasteiger partial charge < -0.3 is 15.2 Å². The van der Waals surface area contributed by atoms with Crippen molar-refractivity contribution < 1.29 is 9.47 Å². The van der Waals surface area contributed by atoms with E-state index in [4.69, 9.17) is 15.2 Å². The van der Waals surface area contributed by atoms with Crippen LogP contribution >= 0.6 is 12.4 Å². The van der Waals surface area contributed by atoms with Crippen LogP contribution < -0.4 is 15.2 Å². The fraction of sp³-hybridized carbons (Fsp3) is 0.250. The number of halogens is 1. The van der Waals surface area contributed by atoms with Crippen molar-refractivity contribution in [1.29, 1.82) is 0 Å². The first-order valence-corrected chi connectivity index (χ1v) is 8.31. The Kier molecular flexibility index (Phi) is 6.66. The monoisotopic (exact) mass is 373 g/mol. The topological polar surface area (TPSA) is 62.3 Å². The maximum absolute atomic E-state index is 5.79. The molecule has 5 nitrogen and oxygen atoms in total. The molecule has 0 fully saturated rings. The Bertz CT molecular complexity index is 762. The molecular formula is C20H24ClN3O2. The first kappa shape index (κ1) is 19.8. The quantitative estimate of drug-likeness (QED) is 0.702. The molecule has 0 saturated carbocycles. The van der Waals surface area contributed by atoms with Crippen LogP contribution in [0.1, 0.15) is 19.4 Å². The van der Waals surface area contributed by atoms with Gasteiger partial charge in [-0.15, -0.1) is 17.5 Å². The predicted molar refractivity (Wildman–Crippen MR) is 106 cm³/mol. The minimum Gasteiger partial charge on any atom is -0.497 e. The van der Waals surface area contributed by atoms with Crippen LogP contribution in [0.3, 0.4) is 0 Å². The summed E-state index contributed by atoms with van der Waals surface area (Å²) in [6.45, 7) is 4.50. The third-order valence-electron chi connectivity index (χ3n) is 3.85. The van der Waals surface area contributed by atoms with Gasteiger partial charge in [-0.2, -0.15) is 0 Å². The van der Waals surface area contributed by atoms with Crippen molar-refractivity contribution in [3.8, 4) is 28.6 Å². The number of nitrogens with zero attached hydrogens (tertiary/aromatic N) is 2. The maximum Gasteiger partial charge on any atom is 0.234 e. The van der Waals surface area contributed by atoms with E-state index in [2.05, 4.69) is 17.2 Å². The normalized spacial score (nSPS) is 10.5. The zero-order chi connectivity index (χ0) is 17.8. The highest BCUT2D eigenvalue weighted by Crippen LogP contribution is 2.28. The molecule has 6 heteroatoms. The van der Waals surface area contributed by atoms with Crippen molar-refractivity contribution in [3.63, 3.8) is 0 Å². The zero-order valence-electron chi connectivity index (χ0n) is 15.2. The van der Waals surface area contributed by atoms with Crippen LogP contribution in [0.15, 0.2) is 54.6 Å². The van der Waals surface area contributed by atoms with E-state index in [1.165, 1.54) is 0 Å². The number of hydrogen-bond acceptors (Lipinski definition) is 4. The van der Waals surface area contributed by atoms with Crippen molar-refractivity contribution >= 4 is 12.4 Å². The van der Waals surface area contributed by atoms with Gasteiger partial charge in [-0.25, -0.2) is 4.68 Å². The van der Waals surface area contributed by atoms with Crippen LogP contribution in [0.25, 0.3) is 16.9 Å². The average Bonchev–Trinajstić information content (AvgIpc) is 3.05. The number of methoxy groups -OCH3 is 1. The average molecular weight is 374 g/mol. The fourth-order valence-corrected chi connectivity index (χ4v) is 2.60. The largest absolute Gasteiger partial charge is 0.497 e. The molecule has 0 aliphatic heterocycles. The highest BCUT2D eigenvalue weighted by Gasteiger charge is 2.14. The van der Waals surface area contributed by atoms with Gasteiger partial charge in [-0.3, -0.25) is 0 Å². The third kappa shape index (κ3) is 4.36. The molecule has 0 spiro atoms. The summed E-state index contributed by atoms with van der Waals surface area (Å²) < 4.78 is 12.9. The Morgan fingerprint density at radius 2 is 1.69 bits per heavy atom. The molecule has 0 bridgehead atoms. The first-order valence-electron chi connectivity index (χ1n) is 8.31. The van der Waals surface area contributed by atoms with Crippen LogP contribution in [0.2, 0.25) is 0 Å². The van der Waals surface area contributed by atoms with E-state index in [1.54, 1.807) is 7.11 Å². The van der Waals surface area contributed by atoms with E-state index in [0.29, 0.717) is 12.4 Å². The molecule has 3 aromatic rings. The minimum atomic E-state index is 0. The summed E-state index contributed by atoms with van der Waals surface area (Å²) in [5.74, 6) is 1.41. The van der Waals surface area contributed by atoms with Crippen LogP contribution in [-0.4, -0.2) is 23.0 Å². The van der Waals surface area contributed by atoms with E-state index in [-0.39, 0.29) is 18.5 Å². The van der Waals surface area contributed by atoms with Crippen molar-refractivity contribution in [2.24, 2.45) is 5.73 Å². The molecule has 3 rings (SSSR count). The Morgan fingerprint density at radius 1 is 1.04 bits per heavy atom. The fourth-order valence-electron chi connectivity index (χ4n) is 2.60. The molecule has 0 unspecified atom stereocenters. The molecule has 0 aliphatic carbocycles. The van der Waals surface area contributed by atoms with E-state index in [0.717, 1.165) is 28.3 Å². The maximum atomic E-state index is 5.79. The summed E-state index contributed by atoms with van der Waals surface area (Å²) in [7, 11) is 1.65. The molecule has 0 aliphatic rings. The number of rotatable bonds is 6. The lowest BCUT2D eigenvalue weighted by Gasteiger charge is -2.09. The van der Waals surface area contributed by atoms with Crippen molar-refractivity contribution in [1.82, 2.24) is 9.78 Å². The van der Waals surface area contributed by atoms with Crippen LogP contribution in [0, 0.1) is 0 Å². The van der Waals surface area contributed by atoms with Crippen molar-refractivity contribution in [2.75, 3.05) is 7.11 Å². The highest BCUT2D eigenvalue weighted by atomic mass is 35.5. The molecule has 0 atom stereocenters. The summed E-state index contributed by atoms with van der Waals surface area (Å²) in [6, 6.07) is 17.9. The second-order valence-corrected chi connectivity index (χ2v) is 6.05. The smallest absolute Gasteiger partial charge is 0.234 e. The van der Waals surface area contributed by atoms with Gasteiger partial charge in [0.2, 0.25) is 5.88 Å². The number of nitrogens with two attached hydrogens (primary N) is 1. The first-order chi connectivity index (χ1) is 12.1. The van der Waals surface area contributed by atoms with Gasteiger partial charge in [-0.05, 0) is 43.7 Å². The van der Waals surface area contributed by atoms with E-state index in [1.807, 2.05) is 61.0 Å². The van der Waals surface area contributed by atoms with Gasteiger partial charge in [0, 0.05) is 18.2 Å². The lowest BCUT2D eigenvalue weighted by molar-refractivity contribution is 0.231. The Labute approximate surface area is 160 Å². The molecule has 0 radical (unpaired) electrons. The molecular weight excluding hydrogens is 350 g/mol. The lowest BCUT2D eigenvalue weighted by Crippen LogP contribution is -2.06. The van der Waals surface area contributed by atoms with Gasteiger partial charge in [0.25, 0.3) is 0 Å². The second kappa shape index (κ2) is 8.74. The summed E-state index contributed by atoms with van der Waals surface area (Å²) in [6.07, 6.45) is 0.0617. The van der Waals surface area contributed by atoms with E-state index < -0.39 is 0 Å². The molecule has 1 aromatic heterocycles. The molecule has 2 aromatic carbocycles. The number of benzene rings is 2. The van der Waals surface area contributed by atoms with Gasteiger partial charge in [0.05, 0.1) is 24.6 Å². The predicted octanol–water partition coefficient (Wildman–Crippen LogP) is 4.22. The highest BCUT2D eigenvalue weighted by molar-refractivity contribution is 5.85. The van der Waals surface area contributed by atoms with E-state index in [9.17, 15) is 0 Å². The second-order valence-electron chi connectivity index (χ2n) is 6.05. The molecule has 1 heterocycles. The summed E-state index contributed by atoms with van der Waals surface area (Å²) in [4.78, 5) is 0. The summed E-state index contributed by atoms with van der Waals surface area (Å²) in [5.41, 5.74) is 9.75. The number of hydrogen-bond donors (Lipinski definition) is 1. The summed E-state index contributed by atoms with van der Waals surface area (Å²) in [5, 5.41) is 4.62. The Hall–Kier alpha value is -2.50. The van der Waals surface area contributed by atoms with Crippen molar-refractivity contribution in [2.45, 2.75) is 26.5 Å². The zero-order valence-corrected chi connectivity index (χ0v) is 16.0. The number of ether oxygens (including phenoxy) is 2. The standard InChI is InChI=1S/C20H23N3O2.ClH/c1-14(2)25-20-12-19(16-6-4-15(13-21)5-7-16)23(22-20)17-8-10-18(24-3)11-9-17;/h4-12,14H,13,21H2,1-3H3;1H. The van der Waals surface area contributed by atoms with Crippen LogP contribution in [0.5, 0.6) is 11.6 Å². The van der Waals surface area contributed by atoms with Crippen molar-refractivity contribution in [3.05, 3.63) is 60.2 Å². The number of aromatic nitrogens is 2. The Morgan fingerprint density at radius 3 is 2.23 bits per heavy atom. The van der Waals surface area contributed by atoms with Gasteiger partial charge >= 0.3 is 0 Å². The van der Waals surface area contributed by atoms with Gasteiger partial charge in [-0.1, -0.05) is 24.3 Å². The summed E-state index contributed by atoms with van der Waals surface area (Å²) >= 11 is 0. The van der Waals surface area contributed by atoms with Gasteiger partial charge in [0.1, 0.15) is 5.75 Å². The minimum absolute atomic E-state index is 0. The molecule has 0 saturated heterocycles. The van der Waals surface area contributed by atoms with E-state index >= 15 is 0 Å². The van der Waals surface area contributed by atoms with Crippen LogP contribution in [0.4, 0.5) is 0 Å². The molecule has 138 valence electrons. The lowest BCUT2D eigenvalue weighted by atomic mass is 10.1. The Balaban J connectivity index is 0.00000243.